The van der Waals surface area contributed by atoms with Crippen LogP contribution in [-0.2, 0) is 23.2 Å². The Labute approximate surface area is 233 Å². The summed E-state index contributed by atoms with van der Waals surface area (Å²) in [5.74, 6) is -0.165. The van der Waals surface area contributed by atoms with Gasteiger partial charge in [0.05, 0.1) is 6.04 Å². The SMILES string of the molecule is Cc1cc(C)cc(C(CC(C)C)NC(=O)c2cc(OCc3ccc(C(C)(C)C)cc3)ccc2CCC(=O)O)c1. The first-order valence-electron chi connectivity index (χ1n) is 13.8. The highest BCUT2D eigenvalue weighted by atomic mass is 16.5. The Morgan fingerprint density at radius 2 is 1.56 bits per heavy atom. The Hall–Kier alpha value is -3.60. The molecular formula is C34H43NO4. The van der Waals surface area contributed by atoms with Gasteiger partial charge in [-0.05, 0) is 72.4 Å². The van der Waals surface area contributed by atoms with Crippen molar-refractivity contribution in [2.75, 3.05) is 0 Å². The first-order chi connectivity index (χ1) is 18.3. The zero-order chi connectivity index (χ0) is 28.7. The number of benzene rings is 3. The third-order valence-corrected chi connectivity index (χ3v) is 6.82. The van der Waals surface area contributed by atoms with E-state index in [2.05, 4.69) is 96.2 Å². The second-order valence-corrected chi connectivity index (χ2v) is 12.0. The molecule has 1 amide bonds. The minimum absolute atomic E-state index is 0.0485. The maximum Gasteiger partial charge on any atom is 0.303 e. The van der Waals surface area contributed by atoms with E-state index in [1.54, 1.807) is 6.07 Å². The second-order valence-electron chi connectivity index (χ2n) is 12.0. The van der Waals surface area contributed by atoms with Crippen LogP contribution in [0.5, 0.6) is 5.75 Å². The van der Waals surface area contributed by atoms with Gasteiger partial charge < -0.3 is 15.2 Å². The van der Waals surface area contributed by atoms with E-state index < -0.39 is 5.97 Å². The number of rotatable bonds is 11. The van der Waals surface area contributed by atoms with Gasteiger partial charge in [0, 0.05) is 12.0 Å². The lowest BCUT2D eigenvalue weighted by atomic mass is 9.87. The van der Waals surface area contributed by atoms with Crippen molar-refractivity contribution < 1.29 is 19.4 Å². The van der Waals surface area contributed by atoms with E-state index in [1.165, 1.54) is 5.56 Å². The normalized spacial score (nSPS) is 12.3. The van der Waals surface area contributed by atoms with Crippen molar-refractivity contribution in [2.24, 2.45) is 5.92 Å². The monoisotopic (exact) mass is 529 g/mol. The molecule has 0 aliphatic heterocycles. The highest BCUT2D eigenvalue weighted by Crippen LogP contribution is 2.27. The van der Waals surface area contributed by atoms with Gasteiger partial charge >= 0.3 is 5.97 Å². The molecular weight excluding hydrogens is 486 g/mol. The topological polar surface area (TPSA) is 75.6 Å². The standard InChI is InChI=1S/C34H43NO4/c1-22(2)16-31(27-18-23(3)17-24(4)19-27)35-33(38)30-20-29(14-10-26(30)11-15-32(36)37)39-21-25-8-12-28(13-9-25)34(5,6)7/h8-10,12-14,17-20,22,31H,11,15-16,21H2,1-7H3,(H,35,38)(H,36,37). The van der Waals surface area contributed by atoms with Crippen LogP contribution >= 0.6 is 0 Å². The molecule has 5 nitrogen and oxygen atoms in total. The molecule has 0 bridgehead atoms. The predicted octanol–water partition coefficient (Wildman–Crippen LogP) is 7.71. The van der Waals surface area contributed by atoms with Gasteiger partial charge in [-0.1, -0.05) is 94.3 Å². The van der Waals surface area contributed by atoms with E-state index >= 15 is 0 Å². The van der Waals surface area contributed by atoms with Crippen molar-refractivity contribution in [3.63, 3.8) is 0 Å². The van der Waals surface area contributed by atoms with Crippen LogP contribution in [-0.4, -0.2) is 17.0 Å². The van der Waals surface area contributed by atoms with Crippen LogP contribution in [0.3, 0.4) is 0 Å². The second kappa shape index (κ2) is 13.0. The molecule has 2 N–H and O–H groups in total. The molecule has 1 unspecified atom stereocenters. The average Bonchev–Trinajstić information content (AvgIpc) is 2.84. The molecule has 3 aromatic carbocycles. The van der Waals surface area contributed by atoms with E-state index in [-0.39, 0.29) is 30.2 Å². The summed E-state index contributed by atoms with van der Waals surface area (Å²) in [6.07, 6.45) is 1.01. The summed E-state index contributed by atoms with van der Waals surface area (Å²) < 4.78 is 6.08. The number of carboxylic acid groups (broad SMARTS) is 1. The fourth-order valence-corrected chi connectivity index (χ4v) is 4.78. The smallest absolute Gasteiger partial charge is 0.303 e. The molecule has 0 saturated carbocycles. The molecule has 0 radical (unpaired) electrons. The van der Waals surface area contributed by atoms with Crippen molar-refractivity contribution in [3.8, 4) is 5.75 Å². The van der Waals surface area contributed by atoms with Gasteiger partial charge in [0.2, 0.25) is 0 Å². The number of carboxylic acids is 1. The third kappa shape index (κ3) is 8.98. The van der Waals surface area contributed by atoms with Gasteiger partial charge in [-0.3, -0.25) is 9.59 Å². The predicted molar refractivity (Wildman–Crippen MR) is 157 cm³/mol. The average molecular weight is 530 g/mol. The summed E-state index contributed by atoms with van der Waals surface area (Å²) in [7, 11) is 0. The Morgan fingerprint density at radius 1 is 0.923 bits per heavy atom. The molecule has 5 heteroatoms. The molecule has 3 aromatic rings. The van der Waals surface area contributed by atoms with E-state index in [1.807, 2.05) is 12.1 Å². The van der Waals surface area contributed by atoms with E-state index in [9.17, 15) is 14.7 Å². The lowest BCUT2D eigenvalue weighted by Gasteiger charge is -2.23. The minimum atomic E-state index is -0.895. The van der Waals surface area contributed by atoms with Gasteiger partial charge in [0.1, 0.15) is 12.4 Å². The molecule has 0 heterocycles. The number of hydrogen-bond donors (Lipinski definition) is 2. The summed E-state index contributed by atoms with van der Waals surface area (Å²) in [5, 5.41) is 12.5. The molecule has 0 spiro atoms. The molecule has 39 heavy (non-hydrogen) atoms. The quantitative estimate of drug-likeness (QED) is 0.267. The van der Waals surface area contributed by atoms with Crippen molar-refractivity contribution in [1.82, 2.24) is 5.32 Å². The summed E-state index contributed by atoms with van der Waals surface area (Å²) in [6.45, 7) is 15.3. The van der Waals surface area contributed by atoms with Crippen LogP contribution in [0.25, 0.3) is 0 Å². The number of amides is 1. The minimum Gasteiger partial charge on any atom is -0.489 e. The summed E-state index contributed by atoms with van der Waals surface area (Å²) in [6, 6.07) is 19.9. The molecule has 3 rings (SSSR count). The van der Waals surface area contributed by atoms with Gasteiger partial charge in [0.15, 0.2) is 0 Å². The zero-order valence-corrected chi connectivity index (χ0v) is 24.4. The van der Waals surface area contributed by atoms with E-state index in [0.717, 1.165) is 28.7 Å². The zero-order valence-electron chi connectivity index (χ0n) is 24.4. The van der Waals surface area contributed by atoms with Gasteiger partial charge in [-0.15, -0.1) is 0 Å². The Balaban J connectivity index is 1.86. The third-order valence-electron chi connectivity index (χ3n) is 6.82. The molecule has 1 atom stereocenters. The Morgan fingerprint density at radius 3 is 2.13 bits per heavy atom. The van der Waals surface area contributed by atoms with E-state index in [0.29, 0.717) is 29.4 Å². The number of aryl methyl sites for hydroxylation is 3. The number of carbonyl (C=O) groups is 2. The van der Waals surface area contributed by atoms with Gasteiger partial charge in [0.25, 0.3) is 5.91 Å². The Kier molecular flexibility index (Phi) is 9.96. The van der Waals surface area contributed by atoms with Gasteiger partial charge in [-0.2, -0.15) is 0 Å². The molecule has 0 saturated heterocycles. The summed E-state index contributed by atoms with van der Waals surface area (Å²) in [5.41, 5.74) is 6.91. The molecule has 0 aromatic heterocycles. The number of hydrogen-bond acceptors (Lipinski definition) is 3. The van der Waals surface area contributed by atoms with Crippen molar-refractivity contribution >= 4 is 11.9 Å². The summed E-state index contributed by atoms with van der Waals surface area (Å²) in [4.78, 5) is 25.0. The molecule has 0 aliphatic rings. The maximum atomic E-state index is 13.7. The highest BCUT2D eigenvalue weighted by molar-refractivity contribution is 5.96. The van der Waals surface area contributed by atoms with Crippen LogP contribution in [0.4, 0.5) is 0 Å². The summed E-state index contributed by atoms with van der Waals surface area (Å²) >= 11 is 0. The largest absolute Gasteiger partial charge is 0.489 e. The van der Waals surface area contributed by atoms with Crippen molar-refractivity contribution in [2.45, 2.75) is 85.8 Å². The molecule has 0 aliphatic carbocycles. The number of ether oxygens (including phenoxy) is 1. The number of aliphatic carboxylic acids is 1. The fraction of sp³-hybridized carbons (Fsp3) is 0.412. The highest BCUT2D eigenvalue weighted by Gasteiger charge is 2.21. The molecule has 0 fully saturated rings. The lowest BCUT2D eigenvalue weighted by molar-refractivity contribution is -0.136. The van der Waals surface area contributed by atoms with Crippen LogP contribution in [0.2, 0.25) is 0 Å². The molecule has 208 valence electrons. The van der Waals surface area contributed by atoms with Crippen molar-refractivity contribution in [1.29, 1.82) is 0 Å². The fourth-order valence-electron chi connectivity index (χ4n) is 4.78. The number of carbonyl (C=O) groups excluding carboxylic acids is 1. The first kappa shape index (κ1) is 29.9. The van der Waals surface area contributed by atoms with Gasteiger partial charge in [-0.25, -0.2) is 0 Å². The van der Waals surface area contributed by atoms with Crippen LogP contribution in [0.1, 0.15) is 97.2 Å². The lowest BCUT2D eigenvalue weighted by Crippen LogP contribution is -2.30. The van der Waals surface area contributed by atoms with Crippen LogP contribution < -0.4 is 10.1 Å². The van der Waals surface area contributed by atoms with E-state index in [4.69, 9.17) is 4.74 Å². The first-order valence-corrected chi connectivity index (χ1v) is 13.8. The number of nitrogens with one attached hydrogen (secondary N) is 1. The van der Waals surface area contributed by atoms with Crippen LogP contribution in [0, 0.1) is 19.8 Å². The maximum absolute atomic E-state index is 13.7. The van der Waals surface area contributed by atoms with Crippen LogP contribution in [0.15, 0.2) is 60.7 Å². The van der Waals surface area contributed by atoms with Crippen molar-refractivity contribution in [3.05, 3.63) is 99.6 Å². The Bertz CT molecular complexity index is 1270.